The molecule has 1 fully saturated rings. The summed E-state index contributed by atoms with van der Waals surface area (Å²) in [4.78, 5) is 23.1. The molecule has 0 bridgehead atoms. The smallest absolute Gasteiger partial charge is 0.302 e. The van der Waals surface area contributed by atoms with Crippen LogP contribution in [-0.4, -0.2) is 67.7 Å². The van der Waals surface area contributed by atoms with Gasteiger partial charge in [-0.2, -0.15) is 4.98 Å². The molecule has 0 radical (unpaired) electrons. The summed E-state index contributed by atoms with van der Waals surface area (Å²) < 4.78 is 17.0. The molecule has 3 heterocycles. The van der Waals surface area contributed by atoms with Crippen LogP contribution in [0.3, 0.4) is 0 Å². The molecule has 2 aromatic rings. The van der Waals surface area contributed by atoms with Gasteiger partial charge in [-0.25, -0.2) is 9.97 Å². The summed E-state index contributed by atoms with van der Waals surface area (Å²) in [5, 5.41) is 20.3. The molecule has 2 aromatic heterocycles. The summed E-state index contributed by atoms with van der Waals surface area (Å²) in [5.74, 6) is -0.206. The molecule has 0 saturated carbocycles. The van der Waals surface area contributed by atoms with Crippen LogP contribution in [0.2, 0.25) is 0 Å². The maximum Gasteiger partial charge on any atom is 0.302 e. The van der Waals surface area contributed by atoms with Gasteiger partial charge in [0, 0.05) is 6.92 Å². The van der Waals surface area contributed by atoms with Gasteiger partial charge >= 0.3 is 5.97 Å². The standard InChI is InChI=1S/C13H16N4O6/c1-6(18)22-3-7-9(19)10(20)13(23-7)17-5-16-8-11(17)14-4-15-12(8)21-2/h4-5,7,9-10,13,19-20H,3H2,1-2H3/t7-,9-,10-,13-/m1/s1. The van der Waals surface area contributed by atoms with E-state index in [4.69, 9.17) is 14.2 Å². The van der Waals surface area contributed by atoms with Crippen LogP contribution < -0.4 is 4.74 Å². The van der Waals surface area contributed by atoms with E-state index in [1.54, 1.807) is 0 Å². The first-order chi connectivity index (χ1) is 11.0. The first kappa shape index (κ1) is 15.6. The largest absolute Gasteiger partial charge is 0.479 e. The first-order valence-electron chi connectivity index (χ1n) is 6.89. The molecule has 3 rings (SSSR count). The Morgan fingerprint density at radius 3 is 2.83 bits per heavy atom. The van der Waals surface area contributed by atoms with E-state index in [2.05, 4.69) is 15.0 Å². The van der Waals surface area contributed by atoms with Crippen molar-refractivity contribution in [3.63, 3.8) is 0 Å². The average molecular weight is 324 g/mol. The fourth-order valence-electron chi connectivity index (χ4n) is 2.46. The highest BCUT2D eigenvalue weighted by Gasteiger charge is 2.44. The number of aliphatic hydroxyl groups is 2. The molecular formula is C13H16N4O6. The second kappa shape index (κ2) is 6.07. The van der Waals surface area contributed by atoms with Gasteiger partial charge in [-0.3, -0.25) is 9.36 Å². The van der Waals surface area contributed by atoms with Crippen LogP contribution >= 0.6 is 0 Å². The lowest BCUT2D eigenvalue weighted by Crippen LogP contribution is -2.34. The predicted octanol–water partition coefficient (Wildman–Crippen LogP) is -0.983. The lowest BCUT2D eigenvalue weighted by Gasteiger charge is -2.16. The average Bonchev–Trinajstić information content (AvgIpc) is 3.08. The minimum absolute atomic E-state index is 0.158. The molecule has 4 atom stereocenters. The lowest BCUT2D eigenvalue weighted by molar-refractivity contribution is -0.147. The Bertz CT molecular complexity index is 720. The van der Waals surface area contributed by atoms with Crippen molar-refractivity contribution >= 4 is 17.1 Å². The maximum atomic E-state index is 10.9. The second-order valence-corrected chi connectivity index (χ2v) is 5.06. The van der Waals surface area contributed by atoms with E-state index in [1.165, 1.54) is 31.3 Å². The van der Waals surface area contributed by atoms with E-state index < -0.39 is 30.5 Å². The fourth-order valence-corrected chi connectivity index (χ4v) is 2.46. The zero-order valence-corrected chi connectivity index (χ0v) is 12.5. The van der Waals surface area contributed by atoms with Gasteiger partial charge in [0.05, 0.1) is 13.4 Å². The maximum absolute atomic E-state index is 10.9. The molecule has 0 unspecified atom stereocenters. The van der Waals surface area contributed by atoms with Crippen molar-refractivity contribution in [2.24, 2.45) is 0 Å². The number of esters is 1. The van der Waals surface area contributed by atoms with Gasteiger partial charge in [-0.1, -0.05) is 0 Å². The van der Waals surface area contributed by atoms with Crippen molar-refractivity contribution in [1.29, 1.82) is 0 Å². The van der Waals surface area contributed by atoms with Crippen LogP contribution in [0.15, 0.2) is 12.7 Å². The van der Waals surface area contributed by atoms with Crippen LogP contribution in [0.5, 0.6) is 5.88 Å². The SMILES string of the molecule is COc1ncnc2c1ncn2[C@@H]1O[C@H](COC(C)=O)[C@@H](O)[C@H]1O. The Morgan fingerprint density at radius 2 is 2.13 bits per heavy atom. The van der Waals surface area contributed by atoms with E-state index in [0.29, 0.717) is 17.0 Å². The summed E-state index contributed by atoms with van der Waals surface area (Å²) in [6, 6.07) is 0. The summed E-state index contributed by atoms with van der Waals surface area (Å²) in [7, 11) is 1.46. The van der Waals surface area contributed by atoms with Gasteiger partial charge in [-0.15, -0.1) is 0 Å². The Hall–Kier alpha value is -2.30. The van der Waals surface area contributed by atoms with E-state index in [0.717, 1.165) is 0 Å². The number of nitrogens with zero attached hydrogens (tertiary/aromatic N) is 4. The minimum atomic E-state index is -1.23. The van der Waals surface area contributed by atoms with E-state index in [-0.39, 0.29) is 6.61 Å². The minimum Gasteiger partial charge on any atom is -0.479 e. The van der Waals surface area contributed by atoms with Crippen molar-refractivity contribution in [2.75, 3.05) is 13.7 Å². The quantitative estimate of drug-likeness (QED) is 0.681. The zero-order valence-electron chi connectivity index (χ0n) is 12.5. The van der Waals surface area contributed by atoms with Crippen molar-refractivity contribution < 1.29 is 29.2 Å². The highest BCUT2D eigenvalue weighted by molar-refractivity contribution is 5.76. The number of rotatable bonds is 4. The number of aliphatic hydroxyl groups excluding tert-OH is 2. The van der Waals surface area contributed by atoms with Crippen molar-refractivity contribution in [1.82, 2.24) is 19.5 Å². The van der Waals surface area contributed by atoms with Crippen molar-refractivity contribution in [2.45, 2.75) is 31.5 Å². The number of carbonyl (C=O) groups is 1. The lowest BCUT2D eigenvalue weighted by atomic mass is 10.1. The Morgan fingerprint density at radius 1 is 1.35 bits per heavy atom. The highest BCUT2D eigenvalue weighted by atomic mass is 16.6. The van der Waals surface area contributed by atoms with Crippen LogP contribution in [0.1, 0.15) is 13.2 Å². The third-order valence-electron chi connectivity index (χ3n) is 3.58. The van der Waals surface area contributed by atoms with Crippen molar-refractivity contribution in [3.8, 4) is 5.88 Å². The van der Waals surface area contributed by atoms with Gasteiger partial charge < -0.3 is 24.4 Å². The number of fused-ring (bicyclic) bond motifs is 1. The molecule has 0 amide bonds. The van der Waals surface area contributed by atoms with E-state index >= 15 is 0 Å². The molecule has 10 nitrogen and oxygen atoms in total. The normalized spacial score (nSPS) is 27.3. The summed E-state index contributed by atoms with van der Waals surface area (Å²) >= 11 is 0. The second-order valence-electron chi connectivity index (χ2n) is 5.06. The third kappa shape index (κ3) is 2.71. The molecule has 0 aliphatic carbocycles. The van der Waals surface area contributed by atoms with Crippen LogP contribution in [0.25, 0.3) is 11.2 Å². The van der Waals surface area contributed by atoms with Gasteiger partial charge in [-0.05, 0) is 0 Å². The molecule has 1 aliphatic heterocycles. The molecule has 10 heteroatoms. The van der Waals surface area contributed by atoms with Gasteiger partial charge in [0.2, 0.25) is 5.88 Å². The number of ether oxygens (including phenoxy) is 3. The predicted molar refractivity (Wildman–Crippen MR) is 74.4 cm³/mol. The molecule has 1 aliphatic rings. The number of methoxy groups -OCH3 is 1. The summed E-state index contributed by atoms with van der Waals surface area (Å²) in [6.07, 6.45) is -1.49. The summed E-state index contributed by atoms with van der Waals surface area (Å²) in [6.45, 7) is 1.09. The fraction of sp³-hybridized carbons (Fsp3) is 0.538. The molecule has 2 N–H and O–H groups in total. The Labute approximate surface area is 130 Å². The molecule has 0 spiro atoms. The van der Waals surface area contributed by atoms with E-state index in [1.807, 2.05) is 0 Å². The van der Waals surface area contributed by atoms with Crippen LogP contribution in [0, 0.1) is 0 Å². The summed E-state index contributed by atoms with van der Waals surface area (Å²) in [5.41, 5.74) is 0.796. The molecule has 23 heavy (non-hydrogen) atoms. The number of carbonyl (C=O) groups excluding carboxylic acids is 1. The Balaban J connectivity index is 1.88. The van der Waals surface area contributed by atoms with Crippen LogP contribution in [0.4, 0.5) is 0 Å². The molecule has 0 aromatic carbocycles. The van der Waals surface area contributed by atoms with Crippen molar-refractivity contribution in [3.05, 3.63) is 12.7 Å². The van der Waals surface area contributed by atoms with Gasteiger partial charge in [0.25, 0.3) is 0 Å². The Kier molecular flexibility index (Phi) is 4.11. The van der Waals surface area contributed by atoms with Crippen LogP contribution in [-0.2, 0) is 14.3 Å². The molecular weight excluding hydrogens is 308 g/mol. The molecule has 124 valence electrons. The number of hydrogen-bond donors (Lipinski definition) is 2. The number of imidazole rings is 1. The first-order valence-corrected chi connectivity index (χ1v) is 6.89. The molecule has 1 saturated heterocycles. The topological polar surface area (TPSA) is 129 Å². The third-order valence-corrected chi connectivity index (χ3v) is 3.58. The van der Waals surface area contributed by atoms with Gasteiger partial charge in [0.15, 0.2) is 17.4 Å². The van der Waals surface area contributed by atoms with E-state index in [9.17, 15) is 15.0 Å². The zero-order chi connectivity index (χ0) is 16.6. The highest BCUT2D eigenvalue weighted by Crippen LogP contribution is 2.32. The number of hydrogen-bond acceptors (Lipinski definition) is 9. The number of aromatic nitrogens is 4. The van der Waals surface area contributed by atoms with Gasteiger partial charge in [0.1, 0.15) is 31.2 Å². The monoisotopic (exact) mass is 324 g/mol.